The van der Waals surface area contributed by atoms with Crippen molar-refractivity contribution in [2.75, 3.05) is 13.2 Å². The van der Waals surface area contributed by atoms with E-state index in [1.807, 2.05) is 59.7 Å². The zero-order valence-corrected chi connectivity index (χ0v) is 24.6. The van der Waals surface area contributed by atoms with E-state index in [0.29, 0.717) is 31.4 Å². The summed E-state index contributed by atoms with van der Waals surface area (Å²) in [5.74, 6) is -1.47. The van der Waals surface area contributed by atoms with Gasteiger partial charge in [0.1, 0.15) is 6.04 Å². The number of unbranched alkanes of at least 4 members (excludes halogenated alkanes) is 2. The quantitative estimate of drug-likeness (QED) is 0.202. The van der Waals surface area contributed by atoms with Gasteiger partial charge in [0, 0.05) is 19.9 Å². The SMILES string of the molecule is CC(=O)NCCCCCC(=O)N[C@@H](CC(C)C)C(=O)N[C@@H](CC(C)C)C(=O)COC(=O)c1c(C)cccc1C. The Hall–Kier alpha value is -3.23. The van der Waals surface area contributed by atoms with Gasteiger partial charge in [-0.3, -0.25) is 19.2 Å². The van der Waals surface area contributed by atoms with Crippen LogP contribution >= 0.6 is 0 Å². The molecule has 0 unspecified atom stereocenters. The summed E-state index contributed by atoms with van der Waals surface area (Å²) in [7, 11) is 0. The Balaban J connectivity index is 2.77. The lowest BCUT2D eigenvalue weighted by atomic mass is 9.98. The predicted octanol–water partition coefficient (Wildman–Crippen LogP) is 3.79. The molecule has 218 valence electrons. The van der Waals surface area contributed by atoms with Gasteiger partial charge in [-0.15, -0.1) is 0 Å². The highest BCUT2D eigenvalue weighted by atomic mass is 16.5. The highest BCUT2D eigenvalue weighted by Crippen LogP contribution is 2.15. The number of aryl methyl sites for hydroxylation is 2. The fourth-order valence-electron chi connectivity index (χ4n) is 4.28. The summed E-state index contributed by atoms with van der Waals surface area (Å²) in [5.41, 5.74) is 1.96. The molecule has 0 aliphatic rings. The highest BCUT2D eigenvalue weighted by Gasteiger charge is 2.28. The molecule has 3 amide bonds. The minimum atomic E-state index is -0.844. The molecule has 3 N–H and O–H groups in total. The number of rotatable bonds is 17. The van der Waals surface area contributed by atoms with Crippen molar-refractivity contribution in [1.29, 1.82) is 0 Å². The largest absolute Gasteiger partial charge is 0.454 e. The Kier molecular flexibility index (Phi) is 15.1. The van der Waals surface area contributed by atoms with Gasteiger partial charge >= 0.3 is 5.97 Å². The van der Waals surface area contributed by atoms with Crippen molar-refractivity contribution in [3.05, 3.63) is 34.9 Å². The Morgan fingerprint density at radius 2 is 1.41 bits per heavy atom. The van der Waals surface area contributed by atoms with Gasteiger partial charge in [-0.2, -0.15) is 0 Å². The molecule has 0 saturated carbocycles. The Morgan fingerprint density at radius 1 is 0.821 bits per heavy atom. The van der Waals surface area contributed by atoms with Gasteiger partial charge in [0.25, 0.3) is 0 Å². The number of benzene rings is 1. The molecule has 2 atom stereocenters. The summed E-state index contributed by atoms with van der Waals surface area (Å²) in [4.78, 5) is 62.4. The lowest BCUT2D eigenvalue weighted by Gasteiger charge is -2.25. The molecule has 9 heteroatoms. The first-order valence-corrected chi connectivity index (χ1v) is 13.9. The van der Waals surface area contributed by atoms with Crippen molar-refractivity contribution in [3.63, 3.8) is 0 Å². The first-order chi connectivity index (χ1) is 18.3. The van der Waals surface area contributed by atoms with Crippen molar-refractivity contribution in [2.24, 2.45) is 11.8 Å². The molecule has 0 saturated heterocycles. The molecule has 0 bridgehead atoms. The van der Waals surface area contributed by atoms with Gasteiger partial charge in [0.15, 0.2) is 12.4 Å². The van der Waals surface area contributed by atoms with Crippen LogP contribution in [0, 0.1) is 25.7 Å². The third kappa shape index (κ3) is 13.4. The van der Waals surface area contributed by atoms with Crippen LogP contribution in [-0.2, 0) is 23.9 Å². The second kappa shape index (κ2) is 17.4. The fraction of sp³-hybridized carbons (Fsp3) is 0.633. The standard InChI is InChI=1S/C30H47N3O6/c1-19(2)16-24(26(35)18-39-30(38)28-21(5)12-11-13-22(28)6)33-29(37)25(17-20(3)4)32-27(36)14-9-8-10-15-31-23(7)34/h11-13,19-20,24-25H,8-10,14-18H2,1-7H3,(H,31,34)(H,32,36)(H,33,37)/t24-,25-/m0/s1. The zero-order chi connectivity index (χ0) is 29.5. The van der Waals surface area contributed by atoms with E-state index in [1.165, 1.54) is 6.92 Å². The van der Waals surface area contributed by atoms with Gasteiger partial charge in [0.05, 0.1) is 11.6 Å². The summed E-state index contributed by atoms with van der Waals surface area (Å²) in [5, 5.41) is 8.35. The maximum atomic E-state index is 13.2. The molecule has 1 rings (SSSR count). The van der Waals surface area contributed by atoms with Gasteiger partial charge in [-0.25, -0.2) is 4.79 Å². The second-order valence-electron chi connectivity index (χ2n) is 11.0. The lowest BCUT2D eigenvalue weighted by Crippen LogP contribution is -2.53. The number of Topliss-reactive ketones (excluding diaryl/α,β-unsaturated/α-hetero) is 1. The van der Waals surface area contributed by atoms with E-state index in [0.717, 1.165) is 24.0 Å². The number of carbonyl (C=O) groups is 5. The minimum absolute atomic E-state index is 0.0795. The number of ketones is 1. The van der Waals surface area contributed by atoms with Gasteiger partial charge in [-0.05, 0) is 62.5 Å². The van der Waals surface area contributed by atoms with E-state index in [-0.39, 0.29) is 30.1 Å². The molecule has 0 aliphatic heterocycles. The zero-order valence-electron chi connectivity index (χ0n) is 24.6. The molecular formula is C30H47N3O6. The Bertz CT molecular complexity index is 969. The molecule has 9 nitrogen and oxygen atoms in total. The van der Waals surface area contributed by atoms with Crippen LogP contribution in [0.25, 0.3) is 0 Å². The van der Waals surface area contributed by atoms with Crippen LogP contribution in [0.5, 0.6) is 0 Å². The molecule has 1 aromatic carbocycles. The van der Waals surface area contributed by atoms with E-state index >= 15 is 0 Å². The number of nitrogens with one attached hydrogen (secondary N) is 3. The maximum Gasteiger partial charge on any atom is 0.339 e. The molecule has 0 radical (unpaired) electrons. The second-order valence-corrected chi connectivity index (χ2v) is 11.0. The number of ether oxygens (including phenoxy) is 1. The highest BCUT2D eigenvalue weighted by molar-refractivity contribution is 5.96. The topological polar surface area (TPSA) is 131 Å². The molecular weight excluding hydrogens is 498 g/mol. The first-order valence-electron chi connectivity index (χ1n) is 13.9. The third-order valence-corrected chi connectivity index (χ3v) is 6.26. The van der Waals surface area contributed by atoms with Crippen molar-refractivity contribution in [3.8, 4) is 0 Å². The normalized spacial score (nSPS) is 12.5. The molecule has 0 spiro atoms. The van der Waals surface area contributed by atoms with Crippen LogP contribution in [0.15, 0.2) is 18.2 Å². The molecule has 0 aromatic heterocycles. The van der Waals surface area contributed by atoms with Crippen LogP contribution in [0.2, 0.25) is 0 Å². The summed E-state index contributed by atoms with van der Waals surface area (Å²) < 4.78 is 5.34. The number of hydrogen-bond donors (Lipinski definition) is 3. The van der Waals surface area contributed by atoms with E-state index in [2.05, 4.69) is 16.0 Å². The minimum Gasteiger partial charge on any atom is -0.454 e. The van der Waals surface area contributed by atoms with E-state index < -0.39 is 36.4 Å². The van der Waals surface area contributed by atoms with Crippen molar-refractivity contribution < 1.29 is 28.7 Å². The van der Waals surface area contributed by atoms with Crippen LogP contribution in [0.3, 0.4) is 0 Å². The fourth-order valence-corrected chi connectivity index (χ4v) is 4.28. The number of carbonyl (C=O) groups excluding carboxylic acids is 5. The number of amides is 3. The predicted molar refractivity (Wildman–Crippen MR) is 151 cm³/mol. The molecule has 0 aliphatic carbocycles. The Morgan fingerprint density at radius 3 is 1.97 bits per heavy atom. The van der Waals surface area contributed by atoms with Crippen molar-refractivity contribution in [2.45, 2.75) is 99.1 Å². The monoisotopic (exact) mass is 545 g/mol. The Labute approximate surface area is 233 Å². The molecule has 0 fully saturated rings. The average molecular weight is 546 g/mol. The van der Waals surface area contributed by atoms with Crippen molar-refractivity contribution in [1.82, 2.24) is 16.0 Å². The molecule has 0 heterocycles. The maximum absolute atomic E-state index is 13.2. The summed E-state index contributed by atoms with van der Waals surface area (Å²) in [6.45, 7) is 13.0. The van der Waals surface area contributed by atoms with Gasteiger partial charge < -0.3 is 20.7 Å². The van der Waals surface area contributed by atoms with Crippen LogP contribution in [0.1, 0.15) is 94.6 Å². The summed E-state index contributed by atoms with van der Waals surface area (Å²) >= 11 is 0. The van der Waals surface area contributed by atoms with Crippen molar-refractivity contribution >= 4 is 29.5 Å². The number of hydrogen-bond acceptors (Lipinski definition) is 6. The molecule has 1 aromatic rings. The van der Waals surface area contributed by atoms with Crippen LogP contribution in [-0.4, -0.2) is 54.7 Å². The van der Waals surface area contributed by atoms with Crippen LogP contribution in [0.4, 0.5) is 0 Å². The van der Waals surface area contributed by atoms with E-state index in [1.54, 1.807) is 0 Å². The molecule has 39 heavy (non-hydrogen) atoms. The number of esters is 1. The van der Waals surface area contributed by atoms with Gasteiger partial charge in [0.2, 0.25) is 17.7 Å². The van der Waals surface area contributed by atoms with E-state index in [4.69, 9.17) is 4.74 Å². The summed E-state index contributed by atoms with van der Waals surface area (Å²) in [6.07, 6.45) is 3.26. The first kappa shape index (κ1) is 33.8. The van der Waals surface area contributed by atoms with Gasteiger partial charge in [-0.1, -0.05) is 52.3 Å². The third-order valence-electron chi connectivity index (χ3n) is 6.26. The lowest BCUT2D eigenvalue weighted by molar-refractivity contribution is -0.133. The smallest absolute Gasteiger partial charge is 0.339 e. The summed E-state index contributed by atoms with van der Waals surface area (Å²) in [6, 6.07) is 3.84. The van der Waals surface area contributed by atoms with Crippen LogP contribution < -0.4 is 16.0 Å². The average Bonchev–Trinajstić information content (AvgIpc) is 2.82. The van der Waals surface area contributed by atoms with E-state index in [9.17, 15) is 24.0 Å².